The summed E-state index contributed by atoms with van der Waals surface area (Å²) in [6.07, 6.45) is -3.63. The maximum absolute atomic E-state index is 12.0. The quantitative estimate of drug-likeness (QED) is 0.665. The van der Waals surface area contributed by atoms with Crippen molar-refractivity contribution in [3.05, 3.63) is 0 Å². The fraction of sp³-hybridized carbons (Fsp3) is 1.00. The van der Waals surface area contributed by atoms with E-state index in [0.717, 1.165) is 12.8 Å². The Bertz CT molecular complexity index is 127. The summed E-state index contributed by atoms with van der Waals surface area (Å²) in [6.45, 7) is 1.61. The van der Waals surface area contributed by atoms with E-state index in [-0.39, 0.29) is 6.61 Å². The monoisotopic (exact) mass is 199 g/mol. The van der Waals surface area contributed by atoms with E-state index in [9.17, 15) is 13.2 Å². The Labute approximate surface area is 76.2 Å². The summed E-state index contributed by atoms with van der Waals surface area (Å²) in [5.41, 5.74) is 4.93. The van der Waals surface area contributed by atoms with E-state index >= 15 is 0 Å². The topological polar surface area (TPSA) is 35.2 Å². The zero-order valence-electron chi connectivity index (χ0n) is 7.73. The van der Waals surface area contributed by atoms with Crippen LogP contribution >= 0.6 is 0 Å². The number of hydrogen-bond acceptors (Lipinski definition) is 2. The molecule has 2 N–H and O–H groups in total. The van der Waals surface area contributed by atoms with Gasteiger partial charge in [0.25, 0.3) is 0 Å². The Kier molecular flexibility index (Phi) is 6.07. The van der Waals surface area contributed by atoms with E-state index in [1.807, 2.05) is 6.92 Å². The first-order valence-electron chi connectivity index (χ1n) is 4.40. The molecule has 0 aromatic rings. The third kappa shape index (κ3) is 5.87. The van der Waals surface area contributed by atoms with Crippen LogP contribution in [0.3, 0.4) is 0 Å². The van der Waals surface area contributed by atoms with Crippen molar-refractivity contribution in [3.63, 3.8) is 0 Å². The van der Waals surface area contributed by atoms with Crippen molar-refractivity contribution in [2.75, 3.05) is 13.2 Å². The van der Waals surface area contributed by atoms with Gasteiger partial charge in [0.2, 0.25) is 0 Å². The molecule has 0 radical (unpaired) electrons. The molecule has 80 valence electrons. The van der Waals surface area contributed by atoms with Crippen molar-refractivity contribution in [3.8, 4) is 0 Å². The number of nitrogens with two attached hydrogens (primary N) is 1. The minimum Gasteiger partial charge on any atom is -0.367 e. The first-order chi connectivity index (χ1) is 6.02. The van der Waals surface area contributed by atoms with Crippen molar-refractivity contribution < 1.29 is 17.9 Å². The number of ether oxygens (including phenoxy) is 1. The van der Waals surface area contributed by atoms with Gasteiger partial charge in [-0.05, 0) is 6.42 Å². The Hall–Kier alpha value is -0.290. The van der Waals surface area contributed by atoms with Gasteiger partial charge in [-0.1, -0.05) is 19.8 Å². The van der Waals surface area contributed by atoms with Crippen LogP contribution in [0.1, 0.15) is 26.2 Å². The van der Waals surface area contributed by atoms with Gasteiger partial charge in [0.05, 0.1) is 0 Å². The molecule has 0 aromatic carbocycles. The second kappa shape index (κ2) is 6.21. The van der Waals surface area contributed by atoms with Crippen molar-refractivity contribution in [1.82, 2.24) is 0 Å². The van der Waals surface area contributed by atoms with Crippen molar-refractivity contribution in [1.29, 1.82) is 0 Å². The molecule has 13 heavy (non-hydrogen) atoms. The third-order valence-electron chi connectivity index (χ3n) is 1.65. The van der Waals surface area contributed by atoms with Crippen LogP contribution in [0.2, 0.25) is 0 Å². The molecule has 5 heteroatoms. The molecule has 0 amide bonds. The highest BCUT2D eigenvalue weighted by Crippen LogP contribution is 2.22. The van der Waals surface area contributed by atoms with Crippen LogP contribution in [-0.4, -0.2) is 25.4 Å². The summed E-state index contributed by atoms with van der Waals surface area (Å²) in [5, 5.41) is 0. The van der Waals surface area contributed by atoms with Crippen molar-refractivity contribution >= 4 is 0 Å². The number of unbranched alkanes of at least 4 members (excludes halogenated alkanes) is 2. The fourth-order valence-corrected chi connectivity index (χ4v) is 0.874. The lowest BCUT2D eigenvalue weighted by atomic mass is 10.2. The maximum atomic E-state index is 12.0. The van der Waals surface area contributed by atoms with E-state index in [1.54, 1.807) is 0 Å². The largest absolute Gasteiger partial charge is 0.415 e. The Balaban J connectivity index is 3.61. The molecule has 0 heterocycles. The first kappa shape index (κ1) is 12.7. The average Bonchev–Trinajstić information content (AvgIpc) is 2.02. The summed E-state index contributed by atoms with van der Waals surface area (Å²) in [4.78, 5) is 0. The number of rotatable bonds is 6. The minimum absolute atomic E-state index is 0.134. The molecule has 1 atom stereocenters. The Morgan fingerprint density at radius 1 is 1.31 bits per heavy atom. The molecule has 0 rings (SSSR count). The van der Waals surface area contributed by atoms with Crippen LogP contribution in [0.4, 0.5) is 13.2 Å². The second-order valence-corrected chi connectivity index (χ2v) is 2.84. The van der Waals surface area contributed by atoms with Gasteiger partial charge in [0.15, 0.2) is 6.10 Å². The van der Waals surface area contributed by atoms with Gasteiger partial charge in [0.1, 0.15) is 0 Å². The van der Waals surface area contributed by atoms with Gasteiger partial charge in [-0.15, -0.1) is 0 Å². The van der Waals surface area contributed by atoms with Crippen LogP contribution in [0.15, 0.2) is 0 Å². The van der Waals surface area contributed by atoms with E-state index in [1.165, 1.54) is 0 Å². The molecule has 0 aliphatic carbocycles. The van der Waals surface area contributed by atoms with Gasteiger partial charge < -0.3 is 10.5 Å². The summed E-state index contributed by atoms with van der Waals surface area (Å²) in [7, 11) is 0. The molecule has 2 nitrogen and oxygen atoms in total. The van der Waals surface area contributed by atoms with Crippen molar-refractivity contribution in [2.24, 2.45) is 5.73 Å². The molecule has 0 spiro atoms. The minimum atomic E-state index is -4.33. The summed E-state index contributed by atoms with van der Waals surface area (Å²) in [6, 6.07) is 0. The zero-order chi connectivity index (χ0) is 10.3. The summed E-state index contributed by atoms with van der Waals surface area (Å²) in [5.74, 6) is 0. The second-order valence-electron chi connectivity index (χ2n) is 2.84. The highest BCUT2D eigenvalue weighted by molar-refractivity contribution is 4.67. The predicted molar refractivity (Wildman–Crippen MR) is 44.4 cm³/mol. The SMILES string of the molecule is CCCCCOC(CN)C(F)(F)F. The summed E-state index contributed by atoms with van der Waals surface area (Å²) >= 11 is 0. The smallest absolute Gasteiger partial charge is 0.367 e. The highest BCUT2D eigenvalue weighted by atomic mass is 19.4. The molecule has 0 aliphatic heterocycles. The van der Waals surface area contributed by atoms with Crippen LogP contribution < -0.4 is 5.73 Å². The lowest BCUT2D eigenvalue weighted by Gasteiger charge is -2.18. The number of halogens is 3. The van der Waals surface area contributed by atoms with Crippen LogP contribution in [0.25, 0.3) is 0 Å². The standard InChI is InChI=1S/C8H16F3NO/c1-2-3-4-5-13-7(6-12)8(9,10)11/h7H,2-6,12H2,1H3. The molecule has 0 bridgehead atoms. The van der Waals surface area contributed by atoms with E-state index in [0.29, 0.717) is 6.42 Å². The molecular formula is C8H16F3NO. The van der Waals surface area contributed by atoms with Gasteiger partial charge in [-0.3, -0.25) is 0 Å². The van der Waals surface area contributed by atoms with Crippen molar-refractivity contribution in [2.45, 2.75) is 38.5 Å². The van der Waals surface area contributed by atoms with E-state index in [2.05, 4.69) is 4.74 Å². The molecule has 0 aliphatic rings. The van der Waals surface area contributed by atoms with Gasteiger partial charge >= 0.3 is 6.18 Å². The highest BCUT2D eigenvalue weighted by Gasteiger charge is 2.39. The Morgan fingerprint density at radius 3 is 2.31 bits per heavy atom. The molecular weight excluding hydrogens is 183 g/mol. The van der Waals surface area contributed by atoms with Crippen LogP contribution in [0, 0.1) is 0 Å². The molecule has 0 saturated heterocycles. The zero-order valence-corrected chi connectivity index (χ0v) is 7.73. The lowest BCUT2D eigenvalue weighted by Crippen LogP contribution is -2.38. The van der Waals surface area contributed by atoms with E-state index in [4.69, 9.17) is 5.73 Å². The lowest BCUT2D eigenvalue weighted by molar-refractivity contribution is -0.216. The summed E-state index contributed by atoms with van der Waals surface area (Å²) < 4.78 is 40.7. The number of hydrogen-bond donors (Lipinski definition) is 1. The molecule has 0 saturated carbocycles. The fourth-order valence-electron chi connectivity index (χ4n) is 0.874. The van der Waals surface area contributed by atoms with Gasteiger partial charge in [-0.25, -0.2) is 0 Å². The molecule has 0 fully saturated rings. The van der Waals surface area contributed by atoms with E-state index < -0.39 is 18.8 Å². The molecule has 0 aromatic heterocycles. The third-order valence-corrected chi connectivity index (χ3v) is 1.65. The average molecular weight is 199 g/mol. The maximum Gasteiger partial charge on any atom is 0.415 e. The number of alkyl halides is 3. The van der Waals surface area contributed by atoms with Gasteiger partial charge in [-0.2, -0.15) is 13.2 Å². The van der Waals surface area contributed by atoms with Gasteiger partial charge in [0, 0.05) is 13.2 Å². The Morgan fingerprint density at radius 2 is 1.92 bits per heavy atom. The normalized spacial score (nSPS) is 14.5. The first-order valence-corrected chi connectivity index (χ1v) is 4.40. The molecule has 1 unspecified atom stereocenters. The predicted octanol–water partition coefficient (Wildman–Crippen LogP) is 2.08. The van der Waals surface area contributed by atoms with Crippen LogP contribution in [-0.2, 0) is 4.74 Å². The van der Waals surface area contributed by atoms with Crippen LogP contribution in [0.5, 0.6) is 0 Å².